The molecule has 0 heterocycles. The molecule has 0 bridgehead atoms. The maximum atomic E-state index is 11.9. The second-order valence-electron chi connectivity index (χ2n) is 6.10. The number of hydrogen-bond acceptors (Lipinski definition) is 3. The summed E-state index contributed by atoms with van der Waals surface area (Å²) in [5.74, 6) is 0.682. The van der Waals surface area contributed by atoms with Crippen LogP contribution in [0.3, 0.4) is 0 Å². The van der Waals surface area contributed by atoms with Gasteiger partial charge >= 0.3 is 6.03 Å². The molecule has 1 aromatic rings. The van der Waals surface area contributed by atoms with Gasteiger partial charge in [-0.2, -0.15) is 0 Å². The van der Waals surface area contributed by atoms with Gasteiger partial charge in [0, 0.05) is 31.7 Å². The van der Waals surface area contributed by atoms with Crippen LogP contribution in [0.5, 0.6) is 5.75 Å². The summed E-state index contributed by atoms with van der Waals surface area (Å²) < 4.78 is 5.13. The van der Waals surface area contributed by atoms with Gasteiger partial charge in [-0.15, -0.1) is 0 Å². The molecular formula is C18H27N3O3. The number of carbonyl (C=O) groups excluding carboxylic acids is 2. The van der Waals surface area contributed by atoms with E-state index in [2.05, 4.69) is 10.6 Å². The average Bonchev–Trinajstić information content (AvgIpc) is 2.59. The summed E-state index contributed by atoms with van der Waals surface area (Å²) >= 11 is 0. The first kappa shape index (κ1) is 18.1. The van der Waals surface area contributed by atoms with Crippen molar-refractivity contribution in [2.24, 2.45) is 0 Å². The third kappa shape index (κ3) is 5.44. The molecule has 6 nitrogen and oxygen atoms in total. The van der Waals surface area contributed by atoms with E-state index in [4.69, 9.17) is 4.74 Å². The summed E-state index contributed by atoms with van der Waals surface area (Å²) in [4.78, 5) is 25.4. The molecule has 0 atom stereocenters. The lowest BCUT2D eigenvalue weighted by Crippen LogP contribution is -2.45. The SMILES string of the molecule is COc1ccc(N(CCNC(=O)NC2CCCCC2)C(C)=O)cc1. The van der Waals surface area contributed by atoms with Crippen molar-refractivity contribution in [1.29, 1.82) is 0 Å². The van der Waals surface area contributed by atoms with E-state index in [9.17, 15) is 9.59 Å². The Bertz CT molecular complexity index is 539. The van der Waals surface area contributed by atoms with E-state index in [1.807, 2.05) is 24.3 Å². The molecule has 1 aliphatic carbocycles. The summed E-state index contributed by atoms with van der Waals surface area (Å²) in [7, 11) is 1.60. The third-order valence-corrected chi connectivity index (χ3v) is 4.33. The second-order valence-corrected chi connectivity index (χ2v) is 6.10. The molecule has 0 unspecified atom stereocenters. The Morgan fingerprint density at radius 1 is 1.17 bits per heavy atom. The molecule has 1 aliphatic rings. The first-order valence-corrected chi connectivity index (χ1v) is 8.56. The van der Waals surface area contributed by atoms with E-state index in [0.717, 1.165) is 24.3 Å². The molecular weight excluding hydrogens is 306 g/mol. The number of carbonyl (C=O) groups is 2. The van der Waals surface area contributed by atoms with Crippen molar-refractivity contribution in [3.63, 3.8) is 0 Å². The van der Waals surface area contributed by atoms with Crippen molar-refractivity contribution in [3.8, 4) is 5.75 Å². The lowest BCUT2D eigenvalue weighted by Gasteiger charge is -2.24. The number of nitrogens with zero attached hydrogens (tertiary/aromatic N) is 1. The summed E-state index contributed by atoms with van der Waals surface area (Å²) in [5, 5.41) is 5.85. The van der Waals surface area contributed by atoms with Gasteiger partial charge in [0.05, 0.1) is 7.11 Å². The molecule has 0 radical (unpaired) electrons. The lowest BCUT2D eigenvalue weighted by molar-refractivity contribution is -0.116. The van der Waals surface area contributed by atoms with Crippen molar-refractivity contribution in [1.82, 2.24) is 10.6 Å². The molecule has 1 saturated carbocycles. The fraction of sp³-hybridized carbons (Fsp3) is 0.556. The summed E-state index contributed by atoms with van der Waals surface area (Å²) in [6, 6.07) is 7.43. The van der Waals surface area contributed by atoms with Gasteiger partial charge in [0.15, 0.2) is 0 Å². The summed E-state index contributed by atoms with van der Waals surface area (Å²) in [6.07, 6.45) is 5.73. The van der Waals surface area contributed by atoms with E-state index in [0.29, 0.717) is 13.1 Å². The van der Waals surface area contributed by atoms with Crippen LogP contribution in [0.2, 0.25) is 0 Å². The molecule has 0 spiro atoms. The molecule has 24 heavy (non-hydrogen) atoms. The number of benzene rings is 1. The third-order valence-electron chi connectivity index (χ3n) is 4.33. The van der Waals surface area contributed by atoms with Crippen molar-refractivity contribution in [2.75, 3.05) is 25.1 Å². The van der Waals surface area contributed by atoms with Crippen LogP contribution < -0.4 is 20.3 Å². The molecule has 2 N–H and O–H groups in total. The van der Waals surface area contributed by atoms with Crippen LogP contribution in [-0.2, 0) is 4.79 Å². The maximum absolute atomic E-state index is 11.9. The minimum Gasteiger partial charge on any atom is -0.497 e. The zero-order chi connectivity index (χ0) is 17.4. The van der Waals surface area contributed by atoms with Crippen molar-refractivity contribution < 1.29 is 14.3 Å². The highest BCUT2D eigenvalue weighted by atomic mass is 16.5. The molecule has 0 saturated heterocycles. The molecule has 6 heteroatoms. The van der Waals surface area contributed by atoms with Crippen LogP contribution in [0, 0.1) is 0 Å². The molecule has 1 aromatic carbocycles. The van der Waals surface area contributed by atoms with E-state index >= 15 is 0 Å². The zero-order valence-electron chi connectivity index (χ0n) is 14.5. The van der Waals surface area contributed by atoms with E-state index < -0.39 is 0 Å². The fourth-order valence-electron chi connectivity index (χ4n) is 3.00. The Kier molecular flexibility index (Phi) is 6.90. The Morgan fingerprint density at radius 3 is 2.42 bits per heavy atom. The number of anilines is 1. The largest absolute Gasteiger partial charge is 0.497 e. The Hall–Kier alpha value is -2.24. The average molecular weight is 333 g/mol. The van der Waals surface area contributed by atoms with Crippen LogP contribution in [-0.4, -0.2) is 38.2 Å². The highest BCUT2D eigenvalue weighted by Gasteiger charge is 2.16. The van der Waals surface area contributed by atoms with E-state index in [-0.39, 0.29) is 18.0 Å². The second kappa shape index (κ2) is 9.15. The van der Waals surface area contributed by atoms with Gasteiger partial charge in [-0.1, -0.05) is 19.3 Å². The predicted molar refractivity (Wildman–Crippen MR) is 94.4 cm³/mol. The number of methoxy groups -OCH3 is 1. The van der Waals surface area contributed by atoms with Crippen LogP contribution in [0.1, 0.15) is 39.0 Å². The zero-order valence-corrected chi connectivity index (χ0v) is 14.5. The quantitative estimate of drug-likeness (QED) is 0.841. The smallest absolute Gasteiger partial charge is 0.315 e. The highest BCUT2D eigenvalue weighted by Crippen LogP contribution is 2.19. The molecule has 132 valence electrons. The van der Waals surface area contributed by atoms with Crippen molar-refractivity contribution in [2.45, 2.75) is 45.1 Å². The first-order chi connectivity index (χ1) is 11.6. The van der Waals surface area contributed by atoms with E-state index in [1.165, 1.54) is 26.2 Å². The maximum Gasteiger partial charge on any atom is 0.315 e. The van der Waals surface area contributed by atoms with E-state index in [1.54, 1.807) is 12.0 Å². The van der Waals surface area contributed by atoms with Gasteiger partial charge in [0.25, 0.3) is 0 Å². The Balaban J connectivity index is 1.80. The number of hydrogen-bond donors (Lipinski definition) is 2. The Morgan fingerprint density at radius 2 is 1.83 bits per heavy atom. The predicted octanol–water partition coefficient (Wildman–Crippen LogP) is 2.68. The first-order valence-electron chi connectivity index (χ1n) is 8.56. The Labute approximate surface area is 143 Å². The van der Waals surface area contributed by atoms with Crippen LogP contribution in [0.15, 0.2) is 24.3 Å². The van der Waals surface area contributed by atoms with Crippen LogP contribution in [0.25, 0.3) is 0 Å². The minimum absolute atomic E-state index is 0.0605. The van der Waals surface area contributed by atoms with Gasteiger partial charge in [-0.3, -0.25) is 4.79 Å². The number of rotatable bonds is 6. The van der Waals surface area contributed by atoms with Gasteiger partial charge in [-0.25, -0.2) is 4.79 Å². The number of ether oxygens (including phenoxy) is 1. The summed E-state index contributed by atoms with van der Waals surface area (Å²) in [6.45, 7) is 2.36. The molecule has 2 rings (SSSR count). The molecule has 0 aromatic heterocycles. The van der Waals surface area contributed by atoms with Gasteiger partial charge < -0.3 is 20.3 Å². The number of nitrogens with one attached hydrogen (secondary N) is 2. The van der Waals surface area contributed by atoms with Gasteiger partial charge in [-0.05, 0) is 37.1 Å². The molecule has 0 aliphatic heterocycles. The molecule has 1 fully saturated rings. The number of urea groups is 1. The normalized spacial score (nSPS) is 14.8. The highest BCUT2D eigenvalue weighted by molar-refractivity contribution is 5.91. The van der Waals surface area contributed by atoms with Crippen LogP contribution >= 0.6 is 0 Å². The van der Waals surface area contributed by atoms with Crippen molar-refractivity contribution in [3.05, 3.63) is 24.3 Å². The van der Waals surface area contributed by atoms with Crippen molar-refractivity contribution >= 4 is 17.6 Å². The fourth-order valence-corrected chi connectivity index (χ4v) is 3.00. The topological polar surface area (TPSA) is 70.7 Å². The van der Waals surface area contributed by atoms with Gasteiger partial charge in [0.1, 0.15) is 5.75 Å². The summed E-state index contributed by atoms with van der Waals surface area (Å²) in [5.41, 5.74) is 0.790. The molecule has 3 amide bonds. The monoisotopic (exact) mass is 333 g/mol. The standard InChI is InChI=1S/C18H27N3O3/c1-14(22)21(16-8-10-17(24-2)11-9-16)13-12-19-18(23)20-15-6-4-3-5-7-15/h8-11,15H,3-7,12-13H2,1-2H3,(H2,19,20,23). The number of amides is 3. The van der Waals surface area contributed by atoms with Gasteiger partial charge in [0.2, 0.25) is 5.91 Å². The van der Waals surface area contributed by atoms with Crippen LogP contribution in [0.4, 0.5) is 10.5 Å². The lowest BCUT2D eigenvalue weighted by atomic mass is 9.96. The minimum atomic E-state index is -0.153.